The summed E-state index contributed by atoms with van der Waals surface area (Å²) in [5.41, 5.74) is 6.12. The summed E-state index contributed by atoms with van der Waals surface area (Å²) in [4.78, 5) is 57.9. The van der Waals surface area contributed by atoms with Crippen LogP contribution < -0.4 is 16.4 Å². The van der Waals surface area contributed by atoms with Crippen molar-refractivity contribution >= 4 is 35.5 Å². The fraction of sp³-hybridized carbons (Fsp3) is 0.632. The molecule has 32 heavy (non-hydrogen) atoms. The summed E-state index contributed by atoms with van der Waals surface area (Å²) >= 11 is 1.49. The normalized spacial score (nSPS) is 18.6. The minimum Gasteiger partial charge on any atom is -0.480 e. The second-order valence-corrected chi connectivity index (χ2v) is 8.49. The summed E-state index contributed by atoms with van der Waals surface area (Å²) in [7, 11) is 0. The molecule has 1 fully saturated rings. The molecule has 1 aromatic rings. The molecule has 12 nitrogen and oxygen atoms in total. The molecule has 3 amide bonds. The molecule has 4 atom stereocenters. The van der Waals surface area contributed by atoms with Gasteiger partial charge in [0.15, 0.2) is 0 Å². The van der Waals surface area contributed by atoms with Crippen LogP contribution in [0.25, 0.3) is 0 Å². The fourth-order valence-electron chi connectivity index (χ4n) is 3.44. The quantitative estimate of drug-likeness (QED) is 0.202. The molecule has 1 aliphatic rings. The molecule has 1 aromatic heterocycles. The van der Waals surface area contributed by atoms with E-state index in [2.05, 4.69) is 20.6 Å². The lowest BCUT2D eigenvalue weighted by molar-refractivity contribution is -0.149. The third-order valence-electron chi connectivity index (χ3n) is 5.19. The number of nitrogens with two attached hydrogens (primary N) is 1. The number of carboxylic acid groups (broad SMARTS) is 1. The largest absolute Gasteiger partial charge is 0.480 e. The summed E-state index contributed by atoms with van der Waals surface area (Å²) in [5, 5.41) is 23.7. The minimum atomic E-state index is -1.21. The highest BCUT2D eigenvalue weighted by atomic mass is 32.2. The fourth-order valence-corrected chi connectivity index (χ4v) is 3.91. The van der Waals surface area contributed by atoms with Crippen LogP contribution in [0.2, 0.25) is 0 Å². The van der Waals surface area contributed by atoms with Crippen LogP contribution in [-0.2, 0) is 25.6 Å². The number of aromatic amines is 1. The third-order valence-corrected chi connectivity index (χ3v) is 5.84. The van der Waals surface area contributed by atoms with E-state index in [1.54, 1.807) is 0 Å². The Bertz CT molecular complexity index is 791. The van der Waals surface area contributed by atoms with E-state index in [1.807, 2.05) is 6.26 Å². The van der Waals surface area contributed by atoms with Gasteiger partial charge in [0, 0.05) is 24.9 Å². The van der Waals surface area contributed by atoms with Crippen molar-refractivity contribution in [1.29, 1.82) is 0 Å². The SMILES string of the molecule is CSCCC(NC(=O)C(Cc1cnc[nH]1)NC(=O)C(N)CO)C(=O)N1CCCC1C(=O)O. The van der Waals surface area contributed by atoms with Crippen molar-refractivity contribution in [3.63, 3.8) is 0 Å². The maximum Gasteiger partial charge on any atom is 0.326 e. The average Bonchev–Trinajstić information content (AvgIpc) is 3.46. The number of carboxylic acids is 1. The molecule has 7 N–H and O–H groups in total. The first-order valence-corrected chi connectivity index (χ1v) is 11.6. The number of carbonyl (C=O) groups excluding carboxylic acids is 3. The van der Waals surface area contributed by atoms with E-state index >= 15 is 0 Å². The Kier molecular flexibility index (Phi) is 9.94. The number of aliphatic hydroxyl groups excluding tert-OH is 1. The molecule has 2 rings (SSSR count). The Hall–Kier alpha value is -2.64. The molecular weight excluding hydrogens is 440 g/mol. The number of aromatic nitrogens is 2. The molecule has 0 bridgehead atoms. The Labute approximate surface area is 189 Å². The van der Waals surface area contributed by atoms with Crippen molar-refractivity contribution in [3.05, 3.63) is 18.2 Å². The van der Waals surface area contributed by atoms with Gasteiger partial charge in [0.25, 0.3) is 0 Å². The number of thioether (sulfide) groups is 1. The van der Waals surface area contributed by atoms with Gasteiger partial charge in [0.05, 0.1) is 12.9 Å². The number of H-pyrrole nitrogens is 1. The first-order valence-electron chi connectivity index (χ1n) is 10.2. The summed E-state index contributed by atoms with van der Waals surface area (Å²) in [6.07, 6.45) is 6.07. The molecule has 1 saturated heterocycles. The predicted molar refractivity (Wildman–Crippen MR) is 117 cm³/mol. The molecule has 0 saturated carbocycles. The molecule has 1 aliphatic heterocycles. The van der Waals surface area contributed by atoms with Gasteiger partial charge < -0.3 is 36.5 Å². The lowest BCUT2D eigenvalue weighted by Crippen LogP contribution is -2.58. The van der Waals surface area contributed by atoms with Gasteiger partial charge in [0.1, 0.15) is 24.2 Å². The number of likely N-dealkylation sites (tertiary alicyclic amines) is 1. The van der Waals surface area contributed by atoms with E-state index in [4.69, 9.17) is 10.8 Å². The molecule has 0 aromatic carbocycles. The Morgan fingerprint density at radius 2 is 2.03 bits per heavy atom. The lowest BCUT2D eigenvalue weighted by Gasteiger charge is -2.28. The third kappa shape index (κ3) is 6.93. The van der Waals surface area contributed by atoms with Crippen LogP contribution in [-0.4, -0.2) is 98.1 Å². The van der Waals surface area contributed by atoms with Gasteiger partial charge in [-0.05, 0) is 31.3 Å². The van der Waals surface area contributed by atoms with E-state index in [9.17, 15) is 24.3 Å². The zero-order valence-corrected chi connectivity index (χ0v) is 18.6. The molecule has 4 unspecified atom stereocenters. The van der Waals surface area contributed by atoms with Gasteiger partial charge in [-0.3, -0.25) is 14.4 Å². The molecule has 0 radical (unpaired) electrons. The van der Waals surface area contributed by atoms with Crippen LogP contribution in [0, 0.1) is 0 Å². The highest BCUT2D eigenvalue weighted by Crippen LogP contribution is 2.20. The van der Waals surface area contributed by atoms with Gasteiger partial charge in [-0.1, -0.05) is 0 Å². The summed E-state index contributed by atoms with van der Waals surface area (Å²) in [6, 6.07) is -4.15. The first kappa shape index (κ1) is 25.6. The van der Waals surface area contributed by atoms with Crippen molar-refractivity contribution in [3.8, 4) is 0 Å². The summed E-state index contributed by atoms with van der Waals surface area (Å²) < 4.78 is 0. The smallest absolute Gasteiger partial charge is 0.326 e. The molecule has 178 valence electrons. The number of hydrogen-bond donors (Lipinski definition) is 6. The highest BCUT2D eigenvalue weighted by molar-refractivity contribution is 7.98. The van der Waals surface area contributed by atoms with Crippen molar-refractivity contribution in [2.45, 2.75) is 49.9 Å². The maximum atomic E-state index is 13.1. The van der Waals surface area contributed by atoms with Crippen LogP contribution in [0.3, 0.4) is 0 Å². The van der Waals surface area contributed by atoms with E-state index in [-0.39, 0.29) is 6.42 Å². The summed E-state index contributed by atoms with van der Waals surface area (Å²) in [6.45, 7) is -0.286. The maximum absolute atomic E-state index is 13.1. The Balaban J connectivity index is 2.17. The standard InChI is InChI=1S/C19H30N6O6S/c1-32-6-4-13(18(29)25-5-2-3-15(25)19(30)31)23-17(28)14(7-11-8-21-10-22-11)24-16(27)12(20)9-26/h8,10,12-15,26H,2-7,9,20H2,1H3,(H,21,22)(H,23,28)(H,24,27)(H,30,31). The van der Waals surface area contributed by atoms with Crippen molar-refractivity contribution < 1.29 is 29.4 Å². The van der Waals surface area contributed by atoms with Gasteiger partial charge in [-0.25, -0.2) is 9.78 Å². The number of carbonyl (C=O) groups is 4. The lowest BCUT2D eigenvalue weighted by atomic mass is 10.1. The van der Waals surface area contributed by atoms with Gasteiger partial charge in [-0.2, -0.15) is 11.8 Å². The van der Waals surface area contributed by atoms with E-state index in [0.717, 1.165) is 0 Å². The van der Waals surface area contributed by atoms with Gasteiger partial charge in [-0.15, -0.1) is 0 Å². The van der Waals surface area contributed by atoms with Crippen LogP contribution in [0.1, 0.15) is 25.0 Å². The van der Waals surface area contributed by atoms with Crippen molar-refractivity contribution in [2.24, 2.45) is 5.73 Å². The van der Waals surface area contributed by atoms with Gasteiger partial charge in [0.2, 0.25) is 17.7 Å². The van der Waals surface area contributed by atoms with Crippen molar-refractivity contribution in [1.82, 2.24) is 25.5 Å². The predicted octanol–water partition coefficient (Wildman–Crippen LogP) is -1.93. The monoisotopic (exact) mass is 470 g/mol. The Morgan fingerprint density at radius 3 is 2.62 bits per heavy atom. The number of aliphatic carboxylic acids is 1. The summed E-state index contributed by atoms with van der Waals surface area (Å²) in [5.74, 6) is -2.31. The number of aliphatic hydroxyl groups is 1. The zero-order valence-electron chi connectivity index (χ0n) is 17.8. The molecule has 13 heteroatoms. The highest BCUT2D eigenvalue weighted by Gasteiger charge is 2.38. The van der Waals surface area contributed by atoms with E-state index < -0.39 is 54.5 Å². The zero-order chi connectivity index (χ0) is 23.7. The van der Waals surface area contributed by atoms with Crippen LogP contribution in [0.4, 0.5) is 0 Å². The first-order chi connectivity index (χ1) is 15.3. The second-order valence-electron chi connectivity index (χ2n) is 7.50. The van der Waals surface area contributed by atoms with Crippen LogP contribution >= 0.6 is 11.8 Å². The number of amides is 3. The Morgan fingerprint density at radius 1 is 1.31 bits per heavy atom. The van der Waals surface area contributed by atoms with E-state index in [0.29, 0.717) is 37.3 Å². The van der Waals surface area contributed by atoms with Crippen molar-refractivity contribution in [2.75, 3.05) is 25.2 Å². The number of imidazole rings is 1. The average molecular weight is 471 g/mol. The van der Waals surface area contributed by atoms with E-state index in [1.165, 1.54) is 29.2 Å². The molecule has 2 heterocycles. The van der Waals surface area contributed by atoms with Gasteiger partial charge >= 0.3 is 5.97 Å². The van der Waals surface area contributed by atoms with Crippen LogP contribution in [0.15, 0.2) is 12.5 Å². The number of hydrogen-bond acceptors (Lipinski definition) is 8. The number of nitrogens with one attached hydrogen (secondary N) is 3. The molecule has 0 aliphatic carbocycles. The topological polar surface area (TPSA) is 191 Å². The molecular formula is C19H30N6O6S. The van der Waals surface area contributed by atoms with Crippen LogP contribution in [0.5, 0.6) is 0 Å². The minimum absolute atomic E-state index is 0.0562. The number of nitrogens with zero attached hydrogens (tertiary/aromatic N) is 2. The second kappa shape index (κ2) is 12.4. The molecule has 0 spiro atoms. The number of rotatable bonds is 12.